The van der Waals surface area contributed by atoms with Crippen molar-refractivity contribution >= 4 is 22.5 Å². The average Bonchev–Trinajstić information content (AvgIpc) is 3.63. The van der Waals surface area contributed by atoms with Gasteiger partial charge in [-0.3, -0.25) is 4.79 Å². The predicted molar refractivity (Wildman–Crippen MR) is 137 cm³/mol. The summed E-state index contributed by atoms with van der Waals surface area (Å²) in [5.41, 5.74) is 3.75. The highest BCUT2D eigenvalue weighted by atomic mass is 16.5. The molecule has 1 unspecified atom stereocenters. The number of anilines is 1. The maximum Gasteiger partial charge on any atom is 0.255 e. The highest BCUT2D eigenvalue weighted by Crippen LogP contribution is 2.24. The Morgan fingerprint density at radius 1 is 1.11 bits per heavy atom. The van der Waals surface area contributed by atoms with Crippen LogP contribution in [-0.4, -0.2) is 49.6 Å². The second-order valence-electron chi connectivity index (χ2n) is 9.58. The molecule has 2 fully saturated rings. The molecule has 0 bridgehead atoms. The number of carbonyl (C=O) groups is 1. The number of amides is 1. The molecule has 2 aromatic carbocycles. The molecular weight excluding hydrogens is 442 g/mol. The predicted octanol–water partition coefficient (Wildman–Crippen LogP) is 4.50. The zero-order valence-electron chi connectivity index (χ0n) is 20.4. The summed E-state index contributed by atoms with van der Waals surface area (Å²) in [6, 6.07) is 15.5. The molecule has 5 rings (SSSR count). The quantitative estimate of drug-likeness (QED) is 0.450. The first kappa shape index (κ1) is 23.9. The Hall–Kier alpha value is -2.87. The van der Waals surface area contributed by atoms with Crippen molar-refractivity contribution in [2.75, 3.05) is 38.3 Å². The van der Waals surface area contributed by atoms with Crippen LogP contribution in [0.15, 0.2) is 48.5 Å². The molecule has 2 N–H and O–H groups in total. The fourth-order valence-corrected chi connectivity index (χ4v) is 4.89. The summed E-state index contributed by atoms with van der Waals surface area (Å²) in [5, 5.41) is 7.69. The van der Waals surface area contributed by atoms with Gasteiger partial charge in [-0.2, -0.15) is 0 Å². The van der Waals surface area contributed by atoms with Gasteiger partial charge in [-0.05, 0) is 73.7 Å². The number of nitrogens with one attached hydrogen (secondary N) is 2. The number of fused-ring (bicyclic) bond motifs is 1. The van der Waals surface area contributed by atoms with Gasteiger partial charge in [0.05, 0.1) is 19.3 Å². The van der Waals surface area contributed by atoms with Gasteiger partial charge in [0.2, 0.25) is 0 Å². The Labute approximate surface area is 206 Å². The van der Waals surface area contributed by atoms with Gasteiger partial charge in [0.1, 0.15) is 5.75 Å². The lowest BCUT2D eigenvalue weighted by Crippen LogP contribution is -2.23. The van der Waals surface area contributed by atoms with Crippen LogP contribution in [0.25, 0.3) is 10.9 Å². The van der Waals surface area contributed by atoms with E-state index in [0.717, 1.165) is 80.9 Å². The molecule has 0 saturated carbocycles. The Morgan fingerprint density at radius 3 is 2.77 bits per heavy atom. The molecule has 3 aromatic rings. The van der Waals surface area contributed by atoms with E-state index in [-0.39, 0.29) is 5.91 Å². The molecule has 1 amide bonds. The van der Waals surface area contributed by atoms with Gasteiger partial charge in [0.15, 0.2) is 0 Å². The van der Waals surface area contributed by atoms with Crippen LogP contribution >= 0.6 is 0 Å². The van der Waals surface area contributed by atoms with Crippen molar-refractivity contribution < 1.29 is 19.0 Å². The van der Waals surface area contributed by atoms with Crippen LogP contribution in [0.1, 0.15) is 41.7 Å². The van der Waals surface area contributed by atoms with Crippen LogP contribution < -0.4 is 15.4 Å². The third kappa shape index (κ3) is 6.04. The number of benzene rings is 2. The highest BCUT2D eigenvalue weighted by molar-refractivity contribution is 6.05. The monoisotopic (exact) mass is 477 g/mol. The number of rotatable bonds is 10. The van der Waals surface area contributed by atoms with Crippen molar-refractivity contribution in [1.29, 1.82) is 0 Å². The lowest BCUT2D eigenvalue weighted by molar-refractivity contribution is 0.0903. The van der Waals surface area contributed by atoms with Gasteiger partial charge in [-0.25, -0.2) is 0 Å². The Kier molecular flexibility index (Phi) is 7.66. The third-order valence-corrected chi connectivity index (χ3v) is 7.01. The van der Waals surface area contributed by atoms with Gasteiger partial charge in [0, 0.05) is 67.6 Å². The van der Waals surface area contributed by atoms with E-state index in [2.05, 4.69) is 34.4 Å². The van der Waals surface area contributed by atoms with Crippen molar-refractivity contribution in [1.82, 2.24) is 9.88 Å². The first-order chi connectivity index (χ1) is 17.2. The van der Waals surface area contributed by atoms with Crippen LogP contribution in [0, 0.1) is 5.92 Å². The lowest BCUT2D eigenvalue weighted by Gasteiger charge is -2.11. The van der Waals surface area contributed by atoms with Crippen LogP contribution in [-0.2, 0) is 23.1 Å². The van der Waals surface area contributed by atoms with Crippen LogP contribution in [0.2, 0.25) is 0 Å². The number of hydrogen-bond donors (Lipinski definition) is 2. The molecular formula is C28H35N3O4. The van der Waals surface area contributed by atoms with Crippen LogP contribution in [0.4, 0.5) is 5.69 Å². The molecule has 3 heterocycles. The number of nitrogens with zero attached hydrogens (tertiary/aromatic N) is 1. The summed E-state index contributed by atoms with van der Waals surface area (Å²) in [7, 11) is 2.08. The van der Waals surface area contributed by atoms with E-state index >= 15 is 0 Å². The Bertz CT molecular complexity index is 1130. The van der Waals surface area contributed by atoms with Gasteiger partial charge in [-0.15, -0.1) is 0 Å². The molecule has 1 aromatic heterocycles. The minimum Gasteiger partial charge on any atom is -0.493 e. The highest BCUT2D eigenvalue weighted by Gasteiger charge is 2.16. The third-order valence-electron chi connectivity index (χ3n) is 7.01. The Balaban J connectivity index is 1.15. The van der Waals surface area contributed by atoms with Crippen molar-refractivity contribution in [3.63, 3.8) is 0 Å². The minimum absolute atomic E-state index is 0.133. The van der Waals surface area contributed by atoms with E-state index in [9.17, 15) is 4.79 Å². The van der Waals surface area contributed by atoms with E-state index in [1.54, 1.807) is 12.1 Å². The average molecular weight is 478 g/mol. The van der Waals surface area contributed by atoms with E-state index in [0.29, 0.717) is 24.2 Å². The zero-order valence-corrected chi connectivity index (χ0v) is 20.4. The number of aromatic nitrogens is 1. The SMILES string of the molecule is Cn1c(CNCC2CCOC2)cc2cc(NC(=O)c3ccc(OCC[C@@H]4CCCO4)cc3)ccc21. The molecule has 2 atom stereocenters. The van der Waals surface area contributed by atoms with Gasteiger partial charge < -0.3 is 29.4 Å². The Morgan fingerprint density at radius 2 is 2.00 bits per heavy atom. The lowest BCUT2D eigenvalue weighted by atomic mass is 10.1. The van der Waals surface area contributed by atoms with Crippen molar-refractivity contribution in [2.45, 2.75) is 38.3 Å². The van der Waals surface area contributed by atoms with E-state index in [1.165, 1.54) is 5.69 Å². The molecule has 2 aliphatic heterocycles. The topological polar surface area (TPSA) is 73.8 Å². The van der Waals surface area contributed by atoms with E-state index in [4.69, 9.17) is 14.2 Å². The number of ether oxygens (including phenoxy) is 3. The smallest absolute Gasteiger partial charge is 0.255 e. The number of aryl methyl sites for hydroxylation is 1. The fourth-order valence-electron chi connectivity index (χ4n) is 4.89. The second kappa shape index (κ2) is 11.2. The molecule has 186 valence electrons. The normalized spacial score (nSPS) is 19.9. The minimum atomic E-state index is -0.133. The molecule has 0 spiro atoms. The zero-order chi connectivity index (χ0) is 24.0. The molecule has 0 aliphatic carbocycles. The van der Waals surface area contributed by atoms with Gasteiger partial charge in [0.25, 0.3) is 5.91 Å². The maximum absolute atomic E-state index is 12.8. The largest absolute Gasteiger partial charge is 0.493 e. The molecule has 2 aliphatic rings. The summed E-state index contributed by atoms with van der Waals surface area (Å²) in [4.78, 5) is 12.8. The van der Waals surface area contributed by atoms with Crippen molar-refractivity contribution in [3.05, 3.63) is 59.8 Å². The standard InChI is InChI=1S/C28H35N3O4/c1-31-24(18-29-17-20-10-13-33-19-20)16-22-15-23(6-9-27(22)31)30-28(32)21-4-7-26(8-5-21)35-14-11-25-3-2-12-34-25/h4-9,15-16,20,25,29H,2-3,10-14,17-19H2,1H3,(H,30,32)/t20?,25-/m0/s1. The second-order valence-corrected chi connectivity index (χ2v) is 9.58. The van der Waals surface area contributed by atoms with Crippen LogP contribution in [0.3, 0.4) is 0 Å². The molecule has 0 radical (unpaired) electrons. The van der Waals surface area contributed by atoms with E-state index < -0.39 is 0 Å². The summed E-state index contributed by atoms with van der Waals surface area (Å²) < 4.78 is 19.1. The van der Waals surface area contributed by atoms with E-state index in [1.807, 2.05) is 24.3 Å². The molecule has 35 heavy (non-hydrogen) atoms. The van der Waals surface area contributed by atoms with Gasteiger partial charge in [-0.1, -0.05) is 0 Å². The molecule has 2 saturated heterocycles. The molecule has 7 nitrogen and oxygen atoms in total. The summed E-state index contributed by atoms with van der Waals surface area (Å²) in [6.45, 7) is 5.01. The number of hydrogen-bond acceptors (Lipinski definition) is 5. The first-order valence-corrected chi connectivity index (χ1v) is 12.7. The summed E-state index contributed by atoms with van der Waals surface area (Å²) in [5.74, 6) is 1.25. The van der Waals surface area contributed by atoms with Crippen molar-refractivity contribution in [2.24, 2.45) is 13.0 Å². The van der Waals surface area contributed by atoms with Crippen LogP contribution in [0.5, 0.6) is 5.75 Å². The summed E-state index contributed by atoms with van der Waals surface area (Å²) >= 11 is 0. The first-order valence-electron chi connectivity index (χ1n) is 12.7. The number of carbonyl (C=O) groups excluding carboxylic acids is 1. The molecule has 7 heteroatoms. The van der Waals surface area contributed by atoms with Gasteiger partial charge >= 0.3 is 0 Å². The summed E-state index contributed by atoms with van der Waals surface area (Å²) in [6.07, 6.45) is 4.61. The maximum atomic E-state index is 12.8. The van der Waals surface area contributed by atoms with Crippen molar-refractivity contribution in [3.8, 4) is 5.75 Å². The fraction of sp³-hybridized carbons (Fsp3) is 0.464.